The number of rotatable bonds is 8. The van der Waals surface area contributed by atoms with Crippen molar-refractivity contribution in [1.29, 1.82) is 0 Å². The van der Waals surface area contributed by atoms with Gasteiger partial charge in [0.2, 0.25) is 5.78 Å². The Morgan fingerprint density at radius 3 is 1.67 bits per heavy atom. The second-order valence-corrected chi connectivity index (χ2v) is 9.03. The predicted octanol–water partition coefficient (Wildman–Crippen LogP) is 3.75. The summed E-state index contributed by atoms with van der Waals surface area (Å²) >= 11 is 0. The maximum Gasteiger partial charge on any atom is 0.282 e. The molecule has 0 bridgehead atoms. The summed E-state index contributed by atoms with van der Waals surface area (Å²) in [6, 6.07) is 27.3. The van der Waals surface area contributed by atoms with Crippen LogP contribution >= 0.6 is 0 Å². The van der Waals surface area contributed by atoms with Crippen molar-refractivity contribution in [2.45, 2.75) is 18.0 Å². The number of nitrogens with zero attached hydrogens (tertiary/aromatic N) is 1. The summed E-state index contributed by atoms with van der Waals surface area (Å²) in [6.45, 7) is 0.850. The summed E-state index contributed by atoms with van der Waals surface area (Å²) in [6.07, 6.45) is 2.87. The van der Waals surface area contributed by atoms with Crippen LogP contribution in [0.5, 0.6) is 0 Å². The Hall–Kier alpha value is -3.97. The van der Waals surface area contributed by atoms with Crippen molar-refractivity contribution in [3.63, 3.8) is 0 Å². The van der Waals surface area contributed by atoms with Crippen LogP contribution in [0.3, 0.4) is 0 Å². The van der Waals surface area contributed by atoms with E-state index >= 15 is 0 Å². The van der Waals surface area contributed by atoms with Crippen LogP contribution in [0.1, 0.15) is 11.1 Å². The zero-order valence-corrected chi connectivity index (χ0v) is 18.6. The maximum absolute atomic E-state index is 12.9. The van der Waals surface area contributed by atoms with Crippen molar-refractivity contribution >= 4 is 21.5 Å². The maximum atomic E-state index is 12.9. The van der Waals surface area contributed by atoms with Gasteiger partial charge in [-0.05, 0) is 29.3 Å². The Kier molecular flexibility index (Phi) is 6.80. The molecule has 2 N–H and O–H groups in total. The van der Waals surface area contributed by atoms with Crippen molar-refractivity contribution in [1.82, 2.24) is 10.6 Å². The third-order valence-corrected chi connectivity index (χ3v) is 6.31. The Morgan fingerprint density at radius 2 is 1.12 bits per heavy atom. The molecule has 4 rings (SSSR count). The number of benzene rings is 3. The summed E-state index contributed by atoms with van der Waals surface area (Å²) in [5.41, 5.74) is 2.80. The molecule has 0 aromatic heterocycles. The lowest BCUT2D eigenvalue weighted by Crippen LogP contribution is -2.29. The highest BCUT2D eigenvalue weighted by Crippen LogP contribution is 2.17. The van der Waals surface area contributed by atoms with Gasteiger partial charge in [-0.1, -0.05) is 78.9 Å². The fourth-order valence-electron chi connectivity index (χ4n) is 3.28. The summed E-state index contributed by atoms with van der Waals surface area (Å²) in [5, 5.41) is 6.26. The molecule has 166 valence electrons. The number of carbonyl (C=O) groups excluding carboxylic acids is 1. The lowest BCUT2D eigenvalue weighted by Gasteiger charge is -2.18. The molecule has 0 radical (unpaired) electrons. The van der Waals surface area contributed by atoms with Gasteiger partial charge >= 0.3 is 0 Å². The van der Waals surface area contributed by atoms with E-state index in [1.54, 1.807) is 18.2 Å². The standard InChI is InChI=1S/C26H23N3O3S/c30-26-17-23(27-18-20-10-4-1-5-11-20)24(29-33(31,32)22-14-8-3-9-15-22)16-25(26)28-19-21-12-6-2-7-13-21/h1-17,27-28H,18-19H2. The van der Waals surface area contributed by atoms with E-state index in [4.69, 9.17) is 0 Å². The second-order valence-electron chi connectivity index (χ2n) is 7.42. The smallest absolute Gasteiger partial charge is 0.282 e. The van der Waals surface area contributed by atoms with Crippen molar-refractivity contribution in [2.75, 3.05) is 0 Å². The number of ketones is 1. The van der Waals surface area contributed by atoms with E-state index in [2.05, 4.69) is 15.0 Å². The molecule has 6 nitrogen and oxygen atoms in total. The molecular weight excluding hydrogens is 434 g/mol. The van der Waals surface area contributed by atoms with Crippen LogP contribution in [0.2, 0.25) is 0 Å². The SMILES string of the molecule is O=C1C=C(NCc2ccccc2)C(=NS(=O)(=O)c2ccccc2)C=C1NCc1ccccc1. The van der Waals surface area contributed by atoms with E-state index in [-0.39, 0.29) is 22.1 Å². The Balaban J connectivity index is 1.63. The largest absolute Gasteiger partial charge is 0.379 e. The number of hydrogen-bond acceptors (Lipinski definition) is 5. The Morgan fingerprint density at radius 1 is 0.636 bits per heavy atom. The van der Waals surface area contributed by atoms with Gasteiger partial charge in [0.15, 0.2) is 0 Å². The van der Waals surface area contributed by atoms with Crippen molar-refractivity contribution in [2.24, 2.45) is 4.40 Å². The van der Waals surface area contributed by atoms with Gasteiger partial charge in [0.05, 0.1) is 16.3 Å². The van der Waals surface area contributed by atoms with Gasteiger partial charge in [0.25, 0.3) is 10.0 Å². The molecule has 0 spiro atoms. The highest BCUT2D eigenvalue weighted by Gasteiger charge is 2.22. The molecule has 0 unspecified atom stereocenters. The van der Waals surface area contributed by atoms with E-state index in [0.29, 0.717) is 18.8 Å². The Labute approximate surface area is 193 Å². The van der Waals surface area contributed by atoms with Gasteiger partial charge in [-0.3, -0.25) is 4.79 Å². The molecule has 0 aliphatic heterocycles. The lowest BCUT2D eigenvalue weighted by atomic mass is 10.0. The van der Waals surface area contributed by atoms with Crippen molar-refractivity contribution in [3.8, 4) is 0 Å². The van der Waals surface area contributed by atoms with Crippen LogP contribution in [0.4, 0.5) is 0 Å². The monoisotopic (exact) mass is 457 g/mol. The normalized spacial score (nSPS) is 15.0. The van der Waals surface area contributed by atoms with Crippen LogP contribution in [0.25, 0.3) is 0 Å². The molecule has 0 atom stereocenters. The summed E-state index contributed by atoms with van der Waals surface area (Å²) in [7, 11) is -3.96. The highest BCUT2D eigenvalue weighted by molar-refractivity contribution is 7.90. The van der Waals surface area contributed by atoms with Crippen molar-refractivity contribution in [3.05, 3.63) is 126 Å². The zero-order chi connectivity index (χ0) is 23.1. The first kappa shape index (κ1) is 22.2. The van der Waals surface area contributed by atoms with Gasteiger partial charge in [0.1, 0.15) is 5.71 Å². The fourth-order valence-corrected chi connectivity index (χ4v) is 4.30. The lowest BCUT2D eigenvalue weighted by molar-refractivity contribution is -0.111. The topological polar surface area (TPSA) is 87.6 Å². The van der Waals surface area contributed by atoms with Crippen molar-refractivity contribution < 1.29 is 13.2 Å². The van der Waals surface area contributed by atoms with E-state index in [0.717, 1.165) is 11.1 Å². The fraction of sp³-hybridized carbons (Fsp3) is 0.0769. The van der Waals surface area contributed by atoms with Gasteiger partial charge in [-0.25, -0.2) is 0 Å². The molecule has 0 fully saturated rings. The molecular formula is C26H23N3O3S. The van der Waals surface area contributed by atoms with Gasteiger partial charge in [0, 0.05) is 19.2 Å². The minimum Gasteiger partial charge on any atom is -0.379 e. The molecule has 3 aromatic rings. The van der Waals surface area contributed by atoms with E-state index in [9.17, 15) is 13.2 Å². The van der Waals surface area contributed by atoms with Crippen LogP contribution in [-0.4, -0.2) is 19.9 Å². The number of allylic oxidation sites excluding steroid dienone is 2. The van der Waals surface area contributed by atoms with E-state index < -0.39 is 10.0 Å². The first-order valence-electron chi connectivity index (χ1n) is 10.4. The average molecular weight is 458 g/mol. The number of sulfonamides is 1. The second kappa shape index (κ2) is 10.1. The van der Waals surface area contributed by atoms with E-state index in [1.807, 2.05) is 60.7 Å². The first-order chi connectivity index (χ1) is 16.0. The molecule has 33 heavy (non-hydrogen) atoms. The number of hydrogen-bond donors (Lipinski definition) is 2. The molecule has 1 aliphatic carbocycles. The minimum atomic E-state index is -3.96. The summed E-state index contributed by atoms with van der Waals surface area (Å²) in [4.78, 5) is 12.9. The van der Waals surface area contributed by atoms with Crippen LogP contribution < -0.4 is 10.6 Å². The Bertz CT molecular complexity index is 1310. The van der Waals surface area contributed by atoms with Crippen LogP contribution in [0.15, 0.2) is 124 Å². The highest BCUT2D eigenvalue weighted by atomic mass is 32.2. The minimum absolute atomic E-state index is 0.0870. The predicted molar refractivity (Wildman–Crippen MR) is 129 cm³/mol. The summed E-state index contributed by atoms with van der Waals surface area (Å²) < 4.78 is 29.9. The third-order valence-electron chi connectivity index (χ3n) is 5.01. The number of nitrogens with one attached hydrogen (secondary N) is 2. The molecule has 0 amide bonds. The molecule has 0 heterocycles. The first-order valence-corrected chi connectivity index (χ1v) is 11.9. The summed E-state index contributed by atoms with van der Waals surface area (Å²) in [5.74, 6) is -0.252. The van der Waals surface area contributed by atoms with Crippen LogP contribution in [0, 0.1) is 0 Å². The van der Waals surface area contributed by atoms with Gasteiger partial charge in [-0.15, -0.1) is 0 Å². The quantitative estimate of drug-likeness (QED) is 0.503. The van der Waals surface area contributed by atoms with Gasteiger partial charge in [-0.2, -0.15) is 12.8 Å². The van der Waals surface area contributed by atoms with Crippen LogP contribution in [-0.2, 0) is 27.9 Å². The third kappa shape index (κ3) is 5.84. The van der Waals surface area contributed by atoms with E-state index in [1.165, 1.54) is 24.3 Å². The van der Waals surface area contributed by atoms with Gasteiger partial charge < -0.3 is 10.6 Å². The molecule has 1 aliphatic rings. The molecule has 7 heteroatoms. The molecule has 0 saturated carbocycles. The zero-order valence-electron chi connectivity index (χ0n) is 17.8. The average Bonchev–Trinajstić information content (AvgIpc) is 2.85. The number of carbonyl (C=O) groups is 1. The molecule has 3 aromatic carbocycles. The molecule has 0 saturated heterocycles.